The molecule has 8 heteroatoms. The molecule has 0 saturated carbocycles. The number of carbonyl (C=O) groups is 1. The second kappa shape index (κ2) is 7.31. The Hall–Kier alpha value is -3.52. The molecule has 3 aromatic carbocycles. The third-order valence-corrected chi connectivity index (χ3v) is 7.24. The van der Waals surface area contributed by atoms with Crippen LogP contribution >= 0.6 is 0 Å². The number of amides is 1. The zero-order valence-electron chi connectivity index (χ0n) is 16.8. The van der Waals surface area contributed by atoms with Gasteiger partial charge in [0.25, 0.3) is 10.0 Å². The number of carbonyl (C=O) groups excluding carboxylic acids is 1. The molecule has 2 aliphatic rings. The van der Waals surface area contributed by atoms with E-state index >= 15 is 0 Å². The Kier molecular flexibility index (Phi) is 4.59. The molecule has 0 fully saturated rings. The summed E-state index contributed by atoms with van der Waals surface area (Å²) in [5.74, 6) is 0.691. The Balaban J connectivity index is 1.49. The van der Waals surface area contributed by atoms with Gasteiger partial charge in [0.1, 0.15) is 6.54 Å². The minimum atomic E-state index is -3.88. The zero-order valence-corrected chi connectivity index (χ0v) is 17.6. The second-order valence-electron chi connectivity index (χ2n) is 7.33. The van der Waals surface area contributed by atoms with E-state index in [4.69, 9.17) is 9.47 Å². The van der Waals surface area contributed by atoms with Crippen LogP contribution in [-0.2, 0) is 21.2 Å². The van der Waals surface area contributed by atoms with Gasteiger partial charge in [0.2, 0.25) is 12.7 Å². The number of nitrogens with zero attached hydrogens (tertiary/aromatic N) is 1. The molecule has 0 saturated heterocycles. The molecular formula is C23H20N2O5S. The molecule has 5 rings (SSSR count). The lowest BCUT2D eigenvalue weighted by Crippen LogP contribution is -2.40. The summed E-state index contributed by atoms with van der Waals surface area (Å²) in [6.45, 7) is 1.84. The maximum atomic E-state index is 13.4. The highest BCUT2D eigenvalue weighted by Gasteiger charge is 2.36. The Morgan fingerprint density at radius 1 is 1.00 bits per heavy atom. The third-order valence-electron chi connectivity index (χ3n) is 5.43. The number of rotatable bonds is 4. The van der Waals surface area contributed by atoms with Crippen molar-refractivity contribution < 1.29 is 22.7 Å². The Bertz CT molecular complexity index is 1300. The van der Waals surface area contributed by atoms with E-state index < -0.39 is 15.9 Å². The second-order valence-corrected chi connectivity index (χ2v) is 9.16. The van der Waals surface area contributed by atoms with Gasteiger partial charge in [-0.15, -0.1) is 0 Å². The van der Waals surface area contributed by atoms with Gasteiger partial charge in [0, 0.05) is 22.9 Å². The van der Waals surface area contributed by atoms with Crippen molar-refractivity contribution in [3.05, 3.63) is 66.2 Å². The molecule has 1 N–H and O–H groups in total. The van der Waals surface area contributed by atoms with Gasteiger partial charge in [0.15, 0.2) is 11.5 Å². The molecular weight excluding hydrogens is 416 g/mol. The minimum absolute atomic E-state index is 0.134. The van der Waals surface area contributed by atoms with Gasteiger partial charge in [-0.1, -0.05) is 31.2 Å². The highest BCUT2D eigenvalue weighted by atomic mass is 32.2. The lowest BCUT2D eigenvalue weighted by atomic mass is 9.99. The number of nitrogens with one attached hydrogen (secondary N) is 1. The standard InChI is InChI=1S/C23H20N2O5S/c1-2-15-7-9-19-18(11-15)17-5-3-4-6-22(17)31(27,28)25(19)13-23(26)24-16-8-10-20-21(12-16)30-14-29-20/h3-12H,2,13-14H2,1H3,(H,24,26). The molecule has 2 aliphatic heterocycles. The Morgan fingerprint density at radius 3 is 2.65 bits per heavy atom. The van der Waals surface area contributed by atoms with Crippen LogP contribution in [0, 0.1) is 0 Å². The average Bonchev–Trinajstić information content (AvgIpc) is 3.24. The molecule has 31 heavy (non-hydrogen) atoms. The molecule has 0 aromatic heterocycles. The summed E-state index contributed by atoms with van der Waals surface area (Å²) in [7, 11) is -3.88. The van der Waals surface area contributed by atoms with E-state index in [0.29, 0.717) is 28.4 Å². The number of benzene rings is 3. The normalized spacial score (nSPS) is 15.2. The van der Waals surface area contributed by atoms with E-state index in [-0.39, 0.29) is 18.2 Å². The van der Waals surface area contributed by atoms with Crippen molar-refractivity contribution in [1.29, 1.82) is 0 Å². The van der Waals surface area contributed by atoms with Crippen LogP contribution in [0.1, 0.15) is 12.5 Å². The van der Waals surface area contributed by atoms with Crippen LogP contribution < -0.4 is 19.1 Å². The van der Waals surface area contributed by atoms with Crippen molar-refractivity contribution >= 4 is 27.3 Å². The predicted molar refractivity (Wildman–Crippen MR) is 117 cm³/mol. The highest BCUT2D eigenvalue weighted by molar-refractivity contribution is 7.93. The van der Waals surface area contributed by atoms with E-state index in [1.54, 1.807) is 42.5 Å². The summed E-state index contributed by atoms with van der Waals surface area (Å²) >= 11 is 0. The number of ether oxygens (including phenoxy) is 2. The number of sulfonamides is 1. The van der Waals surface area contributed by atoms with Crippen LogP contribution in [0.25, 0.3) is 11.1 Å². The van der Waals surface area contributed by atoms with Crippen molar-refractivity contribution in [1.82, 2.24) is 0 Å². The van der Waals surface area contributed by atoms with Gasteiger partial charge in [0.05, 0.1) is 10.6 Å². The average molecular weight is 436 g/mol. The predicted octanol–water partition coefficient (Wildman–Crippen LogP) is 3.79. The van der Waals surface area contributed by atoms with Crippen molar-refractivity contribution in [3.8, 4) is 22.6 Å². The first-order chi connectivity index (χ1) is 15.0. The number of aryl methyl sites for hydroxylation is 1. The molecule has 0 aliphatic carbocycles. The maximum absolute atomic E-state index is 13.4. The first-order valence-electron chi connectivity index (χ1n) is 9.92. The quantitative estimate of drug-likeness (QED) is 0.673. The minimum Gasteiger partial charge on any atom is -0.454 e. The number of fused-ring (bicyclic) bond motifs is 4. The molecule has 2 heterocycles. The van der Waals surface area contributed by atoms with Gasteiger partial charge < -0.3 is 14.8 Å². The topological polar surface area (TPSA) is 84.9 Å². The molecule has 0 unspecified atom stereocenters. The smallest absolute Gasteiger partial charge is 0.265 e. The summed E-state index contributed by atoms with van der Waals surface area (Å²) in [5.41, 5.74) is 3.56. The first kappa shape index (κ1) is 19.4. The monoisotopic (exact) mass is 436 g/mol. The molecule has 0 radical (unpaired) electrons. The number of anilines is 2. The lowest BCUT2D eigenvalue weighted by molar-refractivity contribution is -0.114. The van der Waals surface area contributed by atoms with Gasteiger partial charge in [-0.25, -0.2) is 8.42 Å². The Labute approximate surface area is 180 Å². The molecule has 0 atom stereocenters. The van der Waals surface area contributed by atoms with Crippen LogP contribution in [0.4, 0.5) is 11.4 Å². The van der Waals surface area contributed by atoms with E-state index in [1.807, 2.05) is 25.1 Å². The Morgan fingerprint density at radius 2 is 1.81 bits per heavy atom. The molecule has 0 bridgehead atoms. The molecule has 3 aromatic rings. The van der Waals surface area contributed by atoms with Crippen LogP contribution in [0.5, 0.6) is 11.5 Å². The van der Waals surface area contributed by atoms with Gasteiger partial charge in [-0.3, -0.25) is 9.10 Å². The molecule has 1 amide bonds. The summed E-state index contributed by atoms with van der Waals surface area (Å²) in [6, 6.07) is 17.6. The van der Waals surface area contributed by atoms with Gasteiger partial charge in [-0.2, -0.15) is 0 Å². The molecule has 7 nitrogen and oxygen atoms in total. The molecule has 0 spiro atoms. The van der Waals surface area contributed by atoms with Crippen molar-refractivity contribution in [2.24, 2.45) is 0 Å². The van der Waals surface area contributed by atoms with Crippen molar-refractivity contribution in [3.63, 3.8) is 0 Å². The lowest BCUT2D eigenvalue weighted by Gasteiger charge is -2.32. The fourth-order valence-electron chi connectivity index (χ4n) is 3.87. The van der Waals surface area contributed by atoms with E-state index in [1.165, 1.54) is 4.31 Å². The van der Waals surface area contributed by atoms with Gasteiger partial charge in [-0.05, 0) is 42.3 Å². The fourth-order valence-corrected chi connectivity index (χ4v) is 5.52. The summed E-state index contributed by atoms with van der Waals surface area (Å²) in [4.78, 5) is 13.0. The van der Waals surface area contributed by atoms with E-state index in [0.717, 1.165) is 17.5 Å². The van der Waals surface area contributed by atoms with E-state index in [9.17, 15) is 13.2 Å². The van der Waals surface area contributed by atoms with Crippen LogP contribution in [0.3, 0.4) is 0 Å². The summed E-state index contributed by atoms with van der Waals surface area (Å²) < 4.78 is 38.5. The summed E-state index contributed by atoms with van der Waals surface area (Å²) in [5, 5.41) is 2.75. The number of hydrogen-bond donors (Lipinski definition) is 1. The zero-order chi connectivity index (χ0) is 21.6. The van der Waals surface area contributed by atoms with E-state index in [2.05, 4.69) is 5.32 Å². The van der Waals surface area contributed by atoms with Crippen LogP contribution in [-0.4, -0.2) is 27.7 Å². The third kappa shape index (κ3) is 3.29. The SMILES string of the molecule is CCc1ccc2c(c1)-c1ccccc1S(=O)(=O)N2CC(=O)Nc1ccc2c(c1)OCO2. The van der Waals surface area contributed by atoms with Gasteiger partial charge >= 0.3 is 0 Å². The van der Waals surface area contributed by atoms with Crippen molar-refractivity contribution in [2.45, 2.75) is 18.2 Å². The largest absolute Gasteiger partial charge is 0.454 e. The number of hydrogen-bond acceptors (Lipinski definition) is 5. The first-order valence-corrected chi connectivity index (χ1v) is 11.4. The molecule has 158 valence electrons. The highest BCUT2D eigenvalue weighted by Crippen LogP contribution is 2.43. The fraction of sp³-hybridized carbons (Fsp3) is 0.174. The summed E-state index contributed by atoms with van der Waals surface area (Å²) in [6.07, 6.45) is 0.826. The van der Waals surface area contributed by atoms with Crippen LogP contribution in [0.2, 0.25) is 0 Å². The van der Waals surface area contributed by atoms with Crippen LogP contribution in [0.15, 0.2) is 65.6 Å². The maximum Gasteiger partial charge on any atom is 0.265 e. The van der Waals surface area contributed by atoms with Crippen molar-refractivity contribution in [2.75, 3.05) is 23.0 Å².